The van der Waals surface area contributed by atoms with Crippen LogP contribution in [0.15, 0.2) is 58.4 Å². The molecular weight excluding hydrogens is 458 g/mol. The summed E-state index contributed by atoms with van der Waals surface area (Å²) < 4.78 is 31.3. The molecule has 0 saturated carbocycles. The number of hydrogen-bond acceptors (Lipinski definition) is 7. The van der Waals surface area contributed by atoms with Gasteiger partial charge in [-0.3, -0.25) is 0 Å². The molecule has 0 spiro atoms. The number of aliphatic carboxylic acids is 1. The van der Waals surface area contributed by atoms with Gasteiger partial charge in [-0.15, -0.1) is 0 Å². The minimum absolute atomic E-state index is 0.143. The fourth-order valence-electron chi connectivity index (χ4n) is 1.83. The number of isocyanates is 1. The third-order valence-electron chi connectivity index (χ3n) is 3.42. The summed E-state index contributed by atoms with van der Waals surface area (Å²) >= 11 is 0. The van der Waals surface area contributed by atoms with Crippen molar-refractivity contribution in [2.45, 2.75) is 44.7 Å². The Bertz CT molecular complexity index is 976. The summed E-state index contributed by atoms with van der Waals surface area (Å²) in [4.78, 5) is 23.3. The predicted molar refractivity (Wildman–Crippen MR) is 122 cm³/mol. The average Bonchev–Trinajstić information content (AvgIpc) is 2.71. The maximum absolute atomic E-state index is 10.7. The first-order valence-corrected chi connectivity index (χ1v) is 11.6. The van der Waals surface area contributed by atoms with Gasteiger partial charge in [-0.05, 0) is 57.5 Å². The molecule has 0 radical (unpaired) electrons. The highest BCUT2D eigenvalue weighted by Crippen LogP contribution is 2.14. The lowest BCUT2D eigenvalue weighted by molar-refractivity contribution is -0.147. The maximum atomic E-state index is 10.7. The Labute approximate surface area is 193 Å². The molecule has 10 heteroatoms. The van der Waals surface area contributed by atoms with Crippen LogP contribution in [0.5, 0.6) is 5.75 Å². The van der Waals surface area contributed by atoms with Gasteiger partial charge in [0.05, 0.1) is 24.2 Å². The number of benzene rings is 2. The van der Waals surface area contributed by atoms with E-state index in [4.69, 9.17) is 25.3 Å². The molecule has 0 aliphatic heterocycles. The summed E-state index contributed by atoms with van der Waals surface area (Å²) in [5, 5.41) is 8.15. The zero-order valence-electron chi connectivity index (χ0n) is 18.7. The number of ether oxygens (including phenoxy) is 2. The van der Waals surface area contributed by atoms with E-state index < -0.39 is 15.0 Å². The molecule has 176 valence electrons. The number of nitrogens with zero attached hydrogens (tertiary/aromatic N) is 1. The Kier molecular flexibility index (Phi) is 13.2. The van der Waals surface area contributed by atoms with Gasteiger partial charge in [0.15, 0.2) is 0 Å². The van der Waals surface area contributed by atoms with Gasteiger partial charge in [0, 0.05) is 10.7 Å². The lowest BCUT2D eigenvalue weighted by Gasteiger charge is -2.17. The molecule has 0 aromatic heterocycles. The van der Waals surface area contributed by atoms with E-state index in [0.717, 1.165) is 16.9 Å². The number of aliphatic imine (C=N–C) groups is 1. The van der Waals surface area contributed by atoms with Gasteiger partial charge in [0.2, 0.25) is 6.08 Å². The molecule has 0 unspecified atom stereocenters. The fraction of sp³-hybridized carbons (Fsp3) is 0.364. The summed E-state index contributed by atoms with van der Waals surface area (Å²) in [6, 6.07) is 13.8. The second-order valence-corrected chi connectivity index (χ2v) is 9.87. The Morgan fingerprint density at radius 2 is 1.62 bits per heavy atom. The van der Waals surface area contributed by atoms with Crippen molar-refractivity contribution in [3.8, 4) is 5.75 Å². The van der Waals surface area contributed by atoms with Crippen molar-refractivity contribution < 1.29 is 32.6 Å². The maximum Gasteiger partial charge on any atom is 0.329 e. The van der Waals surface area contributed by atoms with Crippen molar-refractivity contribution in [1.29, 1.82) is 0 Å². The minimum Gasteiger partial charge on any atom is -0.497 e. The highest BCUT2D eigenvalue weighted by Gasteiger charge is 2.11. The molecule has 0 aliphatic rings. The van der Waals surface area contributed by atoms with Gasteiger partial charge in [-0.25, -0.2) is 23.0 Å². The largest absolute Gasteiger partial charge is 0.497 e. The standard InChI is InChI=1S/C9H9NO2.C7H7ClO2S.C6H12O3/c1-12-9-4-2-8(3-5-9)6-10-7-11;1-6-2-4-7(5-3-6)11(8,9)10;1-6(2,3)9-4-5(7)8/h2-5H,6H2,1H3;2-5H,1H3;4H2,1-3H3,(H,7,8). The Balaban J connectivity index is 0.000000456. The molecular formula is C22H28ClNO7S. The van der Waals surface area contributed by atoms with Crippen LogP contribution in [0.2, 0.25) is 0 Å². The molecule has 0 aliphatic carbocycles. The van der Waals surface area contributed by atoms with Crippen LogP contribution in [-0.2, 0) is 29.9 Å². The van der Waals surface area contributed by atoms with Crippen LogP contribution in [0, 0.1) is 6.92 Å². The number of hydrogen-bond donors (Lipinski definition) is 1. The van der Waals surface area contributed by atoms with Gasteiger partial charge in [0.25, 0.3) is 9.05 Å². The lowest BCUT2D eigenvalue weighted by atomic mass is 10.2. The minimum atomic E-state index is -3.55. The van der Waals surface area contributed by atoms with Gasteiger partial charge in [0.1, 0.15) is 12.4 Å². The average molecular weight is 486 g/mol. The number of methoxy groups -OCH3 is 1. The molecule has 0 fully saturated rings. The van der Waals surface area contributed by atoms with Gasteiger partial charge in [-0.2, -0.15) is 0 Å². The Morgan fingerprint density at radius 1 is 1.09 bits per heavy atom. The molecule has 2 aromatic rings. The van der Waals surface area contributed by atoms with E-state index in [2.05, 4.69) is 4.99 Å². The third kappa shape index (κ3) is 15.1. The first-order valence-electron chi connectivity index (χ1n) is 9.32. The van der Waals surface area contributed by atoms with Crippen molar-refractivity contribution in [3.63, 3.8) is 0 Å². The van der Waals surface area contributed by atoms with E-state index in [9.17, 15) is 18.0 Å². The summed E-state index contributed by atoms with van der Waals surface area (Å²) in [6.07, 6.45) is 1.49. The molecule has 0 atom stereocenters. The number of carbonyl (C=O) groups excluding carboxylic acids is 1. The Morgan fingerprint density at radius 3 is 1.97 bits per heavy atom. The first-order chi connectivity index (χ1) is 14.8. The highest BCUT2D eigenvalue weighted by molar-refractivity contribution is 8.13. The molecule has 32 heavy (non-hydrogen) atoms. The van der Waals surface area contributed by atoms with Crippen LogP contribution in [0.3, 0.4) is 0 Å². The fourth-order valence-corrected chi connectivity index (χ4v) is 2.60. The quantitative estimate of drug-likeness (QED) is 0.367. The van der Waals surface area contributed by atoms with Gasteiger partial charge in [-0.1, -0.05) is 29.8 Å². The van der Waals surface area contributed by atoms with E-state index in [-0.39, 0.29) is 17.1 Å². The van der Waals surface area contributed by atoms with Crippen LogP contribution in [-0.4, -0.2) is 44.9 Å². The monoisotopic (exact) mass is 485 g/mol. The van der Waals surface area contributed by atoms with Crippen molar-refractivity contribution in [1.82, 2.24) is 0 Å². The molecule has 0 bridgehead atoms. The highest BCUT2D eigenvalue weighted by atomic mass is 35.7. The molecule has 8 nitrogen and oxygen atoms in total. The number of carboxylic acid groups (broad SMARTS) is 1. The van der Waals surface area contributed by atoms with E-state index in [1.54, 1.807) is 19.2 Å². The van der Waals surface area contributed by atoms with E-state index in [0.29, 0.717) is 6.54 Å². The predicted octanol–water partition coefficient (Wildman–Crippen LogP) is 4.34. The van der Waals surface area contributed by atoms with Crippen LogP contribution < -0.4 is 4.74 Å². The van der Waals surface area contributed by atoms with E-state index >= 15 is 0 Å². The lowest BCUT2D eigenvalue weighted by Crippen LogP contribution is -2.23. The summed E-state index contributed by atoms with van der Waals surface area (Å²) in [7, 11) is 3.15. The van der Waals surface area contributed by atoms with Crippen molar-refractivity contribution in [3.05, 3.63) is 59.7 Å². The zero-order chi connectivity index (χ0) is 24.8. The summed E-state index contributed by atoms with van der Waals surface area (Å²) in [5.41, 5.74) is 1.63. The SMILES string of the molecule is CC(C)(C)OCC(=O)O.COc1ccc(CN=C=O)cc1.Cc1ccc(S(=O)(=O)Cl)cc1. The van der Waals surface area contributed by atoms with Gasteiger partial charge < -0.3 is 14.6 Å². The zero-order valence-corrected chi connectivity index (χ0v) is 20.2. The first kappa shape index (κ1) is 29.3. The second kappa shape index (κ2) is 14.4. The third-order valence-corrected chi connectivity index (χ3v) is 4.79. The van der Waals surface area contributed by atoms with Crippen molar-refractivity contribution >= 4 is 31.8 Å². The second-order valence-electron chi connectivity index (χ2n) is 7.30. The van der Waals surface area contributed by atoms with Crippen LogP contribution in [0.1, 0.15) is 31.9 Å². The summed E-state index contributed by atoms with van der Waals surface area (Å²) in [6.45, 7) is 7.49. The molecule has 0 saturated heterocycles. The van der Waals surface area contributed by atoms with E-state index in [1.165, 1.54) is 18.2 Å². The normalized spacial score (nSPS) is 10.4. The number of carboxylic acids is 1. The van der Waals surface area contributed by atoms with Crippen LogP contribution in [0.4, 0.5) is 0 Å². The molecule has 0 heterocycles. The molecule has 1 N–H and O–H groups in total. The van der Waals surface area contributed by atoms with Crippen LogP contribution in [0.25, 0.3) is 0 Å². The number of rotatable bonds is 6. The number of aryl methyl sites for hydroxylation is 1. The number of carbonyl (C=O) groups is 1. The van der Waals surface area contributed by atoms with Crippen molar-refractivity contribution in [2.75, 3.05) is 13.7 Å². The smallest absolute Gasteiger partial charge is 0.329 e. The number of halogens is 1. The van der Waals surface area contributed by atoms with Gasteiger partial charge >= 0.3 is 5.97 Å². The summed E-state index contributed by atoms with van der Waals surface area (Å²) in [5.74, 6) is -0.126. The Hall–Kier alpha value is -2.71. The molecule has 2 aromatic carbocycles. The molecule has 2 rings (SSSR count). The van der Waals surface area contributed by atoms with Crippen molar-refractivity contribution in [2.24, 2.45) is 4.99 Å². The van der Waals surface area contributed by atoms with Crippen LogP contribution >= 0.6 is 10.7 Å². The van der Waals surface area contributed by atoms with E-state index in [1.807, 2.05) is 52.0 Å². The topological polar surface area (TPSA) is 119 Å². The molecule has 0 amide bonds.